The number of urea groups is 1. The minimum Gasteiger partial charge on any atom is -0.457 e. The van der Waals surface area contributed by atoms with Gasteiger partial charge in [-0.3, -0.25) is 24.0 Å². The Morgan fingerprint density at radius 2 is 1.32 bits per heavy atom. The fraction of sp³-hybridized carbons (Fsp3) is 0.508. The number of nitrogens with one attached hydrogen (secondary N) is 7. The van der Waals surface area contributed by atoms with E-state index in [2.05, 4.69) is 52.1 Å². The summed E-state index contributed by atoms with van der Waals surface area (Å²) in [5, 5.41) is 21.3. The summed E-state index contributed by atoms with van der Waals surface area (Å²) in [5.74, 6) is 2.88. The molecule has 1 aromatic heterocycles. The number of ether oxygens (including phenoxy) is 6. The van der Waals surface area contributed by atoms with E-state index in [9.17, 15) is 28.8 Å². The van der Waals surface area contributed by atoms with Gasteiger partial charge in [-0.25, -0.2) is 14.8 Å². The van der Waals surface area contributed by atoms with Crippen molar-refractivity contribution in [2.45, 2.75) is 88.0 Å². The van der Waals surface area contributed by atoms with Gasteiger partial charge in [-0.2, -0.15) is 11.8 Å². The van der Waals surface area contributed by atoms with E-state index in [0.717, 1.165) is 56.6 Å². The fourth-order valence-corrected chi connectivity index (χ4v) is 11.0. The maximum atomic E-state index is 13.6. The van der Waals surface area contributed by atoms with Crippen LogP contribution >= 0.6 is 11.8 Å². The number of amides is 7. The average molecular weight is 1190 g/mol. The Morgan fingerprint density at radius 1 is 0.694 bits per heavy atom. The maximum absolute atomic E-state index is 13.6. The third kappa shape index (κ3) is 25.0. The van der Waals surface area contributed by atoms with Crippen molar-refractivity contribution in [2.75, 3.05) is 122 Å². The van der Waals surface area contributed by atoms with Gasteiger partial charge in [-0.1, -0.05) is 30.7 Å². The van der Waals surface area contributed by atoms with Crippen molar-refractivity contribution in [3.63, 3.8) is 0 Å². The van der Waals surface area contributed by atoms with Crippen LogP contribution in [0.4, 0.5) is 22.0 Å². The van der Waals surface area contributed by atoms with E-state index in [-0.39, 0.29) is 66.4 Å². The number of rotatable bonds is 39. The third-order valence-corrected chi connectivity index (χ3v) is 15.4. The number of unbranched alkanes of at least 4 members (excludes halogenated alkanes) is 2. The monoisotopic (exact) mass is 1190 g/mol. The average Bonchev–Trinajstić information content (AvgIpc) is 4.30. The minimum absolute atomic E-state index is 0.0576. The lowest BCUT2D eigenvalue weighted by molar-refractivity contribution is -0.123. The van der Waals surface area contributed by atoms with Crippen LogP contribution in [0.2, 0.25) is 0 Å². The molecule has 7 rings (SSSR count). The highest BCUT2D eigenvalue weighted by atomic mass is 32.2. The fourth-order valence-electron chi connectivity index (χ4n) is 9.42. The minimum atomic E-state index is -0.360. The Bertz CT molecular complexity index is 2740. The quantitative estimate of drug-likeness (QED) is 0.0142. The molecule has 0 unspecified atom stereocenters. The number of aromatic nitrogens is 2. The summed E-state index contributed by atoms with van der Waals surface area (Å²) in [7, 11) is 1.95. The number of carbonyl (C=O) groups is 6. The summed E-state index contributed by atoms with van der Waals surface area (Å²) < 4.78 is 34.1. The van der Waals surface area contributed by atoms with Gasteiger partial charge in [0.15, 0.2) is 0 Å². The lowest BCUT2D eigenvalue weighted by Gasteiger charge is -2.27. The van der Waals surface area contributed by atoms with E-state index in [4.69, 9.17) is 28.4 Å². The van der Waals surface area contributed by atoms with Crippen LogP contribution in [-0.4, -0.2) is 184 Å². The smallest absolute Gasteiger partial charge is 0.315 e. The van der Waals surface area contributed by atoms with E-state index in [1.54, 1.807) is 59.5 Å². The molecule has 24 heteroatoms. The summed E-state index contributed by atoms with van der Waals surface area (Å²) >= 11 is 1.90. The number of thioether (sulfide) groups is 1. The summed E-state index contributed by atoms with van der Waals surface area (Å²) in [6.07, 6.45) is 11.9. The van der Waals surface area contributed by atoms with Gasteiger partial charge in [0.05, 0.1) is 51.7 Å². The second-order valence-corrected chi connectivity index (χ2v) is 22.0. The molecule has 3 aliphatic heterocycles. The van der Waals surface area contributed by atoms with Gasteiger partial charge >= 0.3 is 6.03 Å². The Morgan fingerprint density at radius 3 is 2.01 bits per heavy atom. The van der Waals surface area contributed by atoms with Gasteiger partial charge in [-0.05, 0) is 113 Å². The molecule has 3 aromatic carbocycles. The zero-order valence-electron chi connectivity index (χ0n) is 48.7. The van der Waals surface area contributed by atoms with E-state index in [1.807, 2.05) is 49.1 Å². The molecule has 460 valence electrons. The molecule has 3 aliphatic rings. The molecule has 0 spiro atoms. The van der Waals surface area contributed by atoms with Crippen molar-refractivity contribution in [3.05, 3.63) is 103 Å². The predicted octanol–water partition coefficient (Wildman–Crippen LogP) is 6.56. The van der Waals surface area contributed by atoms with Gasteiger partial charge in [0, 0.05) is 112 Å². The van der Waals surface area contributed by atoms with Crippen molar-refractivity contribution >= 4 is 64.5 Å². The number of likely N-dealkylation sites (N-methyl/N-ethyl adjacent to an activating group) is 1. The van der Waals surface area contributed by atoms with Crippen LogP contribution < -0.4 is 46.7 Å². The van der Waals surface area contributed by atoms with Gasteiger partial charge in [0.2, 0.25) is 29.5 Å². The molecule has 0 radical (unpaired) electrons. The van der Waals surface area contributed by atoms with Gasteiger partial charge in [0.25, 0.3) is 5.91 Å². The van der Waals surface area contributed by atoms with Crippen LogP contribution in [-0.2, 0) is 38.1 Å². The van der Waals surface area contributed by atoms with Gasteiger partial charge < -0.3 is 75.4 Å². The Kier molecular flexibility index (Phi) is 28.5. The van der Waals surface area contributed by atoms with Crippen LogP contribution in [0.25, 0.3) is 0 Å². The molecule has 7 N–H and O–H groups in total. The van der Waals surface area contributed by atoms with Crippen LogP contribution in [0.5, 0.6) is 23.1 Å². The molecule has 4 aromatic rings. The molecule has 23 nitrogen and oxygen atoms in total. The first-order valence-electron chi connectivity index (χ1n) is 29.5. The molecule has 7 amide bonds. The molecular formula is C61H83N11O12S. The summed E-state index contributed by atoms with van der Waals surface area (Å²) in [4.78, 5) is 87.6. The molecular weight excluding hydrogens is 1110 g/mol. The van der Waals surface area contributed by atoms with Gasteiger partial charge in [-0.15, -0.1) is 0 Å². The first-order chi connectivity index (χ1) is 41.5. The number of hydrogen-bond acceptors (Lipinski definition) is 17. The van der Waals surface area contributed by atoms with E-state index in [0.29, 0.717) is 151 Å². The summed E-state index contributed by atoms with van der Waals surface area (Å²) in [5.41, 5.74) is 1.31. The highest BCUT2D eigenvalue weighted by Gasteiger charge is 2.42. The normalized spacial score (nSPS) is 16.3. The standard InChI is InChI=1S/C61H83N11O12S/c1-71(27-8-7-24-62-55(74)17-9-18-56(75)64-26-12-32-80-36-38-82-37-35-79-31-11-25-63-54(73)16-6-5-15-52-59-51(43-85-52)69-61(78)70-59)28-10-19-57(76)68-47-40-45(60(77)72-29-33-81-34-30-72)39-46(41-47)67-53-42-58(66-44-65-53)84-50-22-20-49(21-23-50)83-48-13-3-2-4-14-48/h2-4,10,13-14,19-23,39-42,44,51-52,59H,5-9,11-12,15-18,24-38,43H2,1H3,(H,62,74)(H,63,73)(H,64,75)(H,68,76)(H,65,66,67)(H2,69,70,78)/t51-,52-,59-/m0/s1. The predicted molar refractivity (Wildman–Crippen MR) is 325 cm³/mol. The van der Waals surface area contributed by atoms with E-state index >= 15 is 0 Å². The highest BCUT2D eigenvalue weighted by Crippen LogP contribution is 2.33. The number of nitrogens with zero attached hydrogens (tertiary/aromatic N) is 4. The number of hydrogen-bond donors (Lipinski definition) is 7. The second kappa shape index (κ2) is 37.2. The zero-order chi connectivity index (χ0) is 59.7. The van der Waals surface area contributed by atoms with Crippen molar-refractivity contribution < 1.29 is 57.2 Å². The molecule has 85 heavy (non-hydrogen) atoms. The number of anilines is 3. The lowest BCUT2D eigenvalue weighted by atomic mass is 10.0. The SMILES string of the molecule is CN(CC=CC(=O)Nc1cc(Nc2cc(Oc3ccc(Oc4ccccc4)cc3)ncn2)cc(C(=O)N2CCOCC2)c1)CCCCNC(=O)CCCC(=O)NCCCOCCOCCOCCCNC(=O)CCCC[C@@H]1SC[C@@H]2NC(=O)N[C@@H]21. The van der Waals surface area contributed by atoms with Crippen molar-refractivity contribution in [1.29, 1.82) is 0 Å². The Labute approximate surface area is 502 Å². The zero-order valence-corrected chi connectivity index (χ0v) is 49.5. The van der Waals surface area contributed by atoms with E-state index < -0.39 is 0 Å². The maximum Gasteiger partial charge on any atom is 0.315 e. The molecule has 3 atom stereocenters. The third-order valence-electron chi connectivity index (χ3n) is 13.9. The first kappa shape index (κ1) is 65.2. The number of benzene rings is 3. The molecule has 0 saturated carbocycles. The van der Waals surface area contributed by atoms with Crippen LogP contribution in [0, 0.1) is 0 Å². The highest BCUT2D eigenvalue weighted by molar-refractivity contribution is 8.00. The van der Waals surface area contributed by atoms with Gasteiger partial charge in [0.1, 0.15) is 29.4 Å². The second-order valence-electron chi connectivity index (χ2n) is 20.7. The van der Waals surface area contributed by atoms with Crippen LogP contribution in [0.1, 0.15) is 81.0 Å². The van der Waals surface area contributed by atoms with Crippen LogP contribution in [0.3, 0.4) is 0 Å². The molecule has 3 saturated heterocycles. The van der Waals surface area contributed by atoms with Crippen molar-refractivity contribution in [2.24, 2.45) is 0 Å². The molecule has 4 heterocycles. The van der Waals surface area contributed by atoms with E-state index in [1.165, 1.54) is 12.4 Å². The Balaban J connectivity index is 0.666. The topological polar surface area (TPSA) is 274 Å². The van der Waals surface area contributed by atoms with Crippen molar-refractivity contribution in [1.82, 2.24) is 46.4 Å². The summed E-state index contributed by atoms with van der Waals surface area (Å²) in [6, 6.07) is 23.7. The van der Waals surface area contributed by atoms with Crippen LogP contribution in [0.15, 0.2) is 97.3 Å². The number of morpholine rings is 1. The molecule has 3 fully saturated rings. The number of fused-ring (bicyclic) bond motifs is 1. The number of para-hydroxylation sites is 1. The molecule has 0 aliphatic carbocycles. The molecule has 0 bridgehead atoms. The first-order valence-corrected chi connectivity index (χ1v) is 30.6. The number of carbonyl (C=O) groups excluding carboxylic acids is 6. The van der Waals surface area contributed by atoms with Crippen molar-refractivity contribution in [3.8, 4) is 23.1 Å². The lowest BCUT2D eigenvalue weighted by Crippen LogP contribution is -2.40. The summed E-state index contributed by atoms with van der Waals surface area (Å²) in [6.45, 7) is 7.48. The largest absolute Gasteiger partial charge is 0.457 e. The Hall–Kier alpha value is -7.35.